The number of carbonyl (C=O) groups excluding carboxylic acids is 1. The maximum Gasteiger partial charge on any atom is 0.176 e. The van der Waals surface area contributed by atoms with Crippen molar-refractivity contribution in [3.05, 3.63) is 29.8 Å². The molecule has 0 bridgehead atoms. The lowest BCUT2D eigenvalue weighted by Gasteiger charge is -2.19. The second-order valence-electron chi connectivity index (χ2n) is 4.16. The van der Waals surface area contributed by atoms with E-state index in [1.54, 1.807) is 11.8 Å². The van der Waals surface area contributed by atoms with Crippen molar-refractivity contribution in [2.45, 2.75) is 24.8 Å². The zero-order valence-corrected chi connectivity index (χ0v) is 11.2. The Morgan fingerprint density at radius 2 is 1.88 bits per heavy atom. The summed E-state index contributed by atoms with van der Waals surface area (Å²) in [6.45, 7) is 4.66. The van der Waals surface area contributed by atoms with Gasteiger partial charge in [0.15, 0.2) is 5.78 Å². The molecule has 2 nitrogen and oxygen atoms in total. The van der Waals surface area contributed by atoms with Crippen LogP contribution in [0.3, 0.4) is 0 Å². The van der Waals surface area contributed by atoms with Crippen LogP contribution >= 0.6 is 11.8 Å². The van der Waals surface area contributed by atoms with Gasteiger partial charge in [-0.3, -0.25) is 9.69 Å². The van der Waals surface area contributed by atoms with Gasteiger partial charge in [-0.25, -0.2) is 0 Å². The van der Waals surface area contributed by atoms with Gasteiger partial charge in [-0.15, -0.1) is 11.8 Å². The molecule has 0 aliphatic carbocycles. The van der Waals surface area contributed by atoms with Crippen LogP contribution in [0.2, 0.25) is 0 Å². The molecule has 0 unspecified atom stereocenters. The third-order valence-electron chi connectivity index (χ3n) is 2.69. The van der Waals surface area contributed by atoms with Crippen LogP contribution in [0.4, 0.5) is 0 Å². The average Bonchev–Trinajstić information content (AvgIpc) is 2.28. The Labute approximate surface area is 102 Å². The Hall–Kier alpha value is -0.800. The molecule has 1 aromatic rings. The first kappa shape index (κ1) is 13.3. The van der Waals surface area contributed by atoms with E-state index < -0.39 is 0 Å². The number of carbonyl (C=O) groups is 1. The predicted molar refractivity (Wildman–Crippen MR) is 70.3 cm³/mol. The van der Waals surface area contributed by atoms with Crippen molar-refractivity contribution in [3.63, 3.8) is 0 Å². The number of thioether (sulfide) groups is 1. The number of likely N-dealkylation sites (N-methyl/N-ethyl adjacent to an activating group) is 1. The number of Topliss-reactive ketones (excluding diaryl/α,β-unsaturated/α-hetero) is 1. The van der Waals surface area contributed by atoms with Crippen molar-refractivity contribution in [2.24, 2.45) is 0 Å². The van der Waals surface area contributed by atoms with Gasteiger partial charge in [-0.05, 0) is 39.3 Å². The summed E-state index contributed by atoms with van der Waals surface area (Å²) in [5.41, 5.74) is 0.797. The number of nitrogens with zero attached hydrogens (tertiary/aromatic N) is 1. The molecule has 0 radical (unpaired) electrons. The molecule has 0 aliphatic rings. The molecule has 0 atom stereocenters. The number of rotatable bonds is 5. The lowest BCUT2D eigenvalue weighted by Crippen LogP contribution is -2.31. The molecule has 0 spiro atoms. The van der Waals surface area contributed by atoms with Crippen LogP contribution in [-0.4, -0.2) is 36.6 Å². The van der Waals surface area contributed by atoms with Crippen LogP contribution in [-0.2, 0) is 0 Å². The zero-order valence-electron chi connectivity index (χ0n) is 10.4. The molecule has 0 saturated carbocycles. The summed E-state index contributed by atoms with van der Waals surface area (Å²) in [5.74, 6) is 0.184. The summed E-state index contributed by atoms with van der Waals surface area (Å²) >= 11 is 1.69. The van der Waals surface area contributed by atoms with E-state index in [2.05, 4.69) is 13.8 Å². The Kier molecular flexibility index (Phi) is 5.03. The zero-order chi connectivity index (χ0) is 12.1. The van der Waals surface area contributed by atoms with Gasteiger partial charge in [0.05, 0.1) is 6.54 Å². The van der Waals surface area contributed by atoms with E-state index in [1.807, 2.05) is 42.5 Å². The fourth-order valence-electron chi connectivity index (χ4n) is 1.28. The van der Waals surface area contributed by atoms with E-state index in [4.69, 9.17) is 0 Å². The highest BCUT2D eigenvalue weighted by atomic mass is 32.2. The van der Waals surface area contributed by atoms with Gasteiger partial charge >= 0.3 is 0 Å². The SMILES string of the molecule is CSc1ccc(C(=O)CN(C)C(C)C)cc1. The molecule has 0 amide bonds. The van der Waals surface area contributed by atoms with Crippen LogP contribution < -0.4 is 0 Å². The van der Waals surface area contributed by atoms with E-state index in [9.17, 15) is 4.79 Å². The molecule has 0 aromatic heterocycles. The van der Waals surface area contributed by atoms with Gasteiger partial charge in [0, 0.05) is 16.5 Å². The highest BCUT2D eigenvalue weighted by molar-refractivity contribution is 7.98. The summed E-state index contributed by atoms with van der Waals surface area (Å²) in [4.78, 5) is 15.1. The van der Waals surface area contributed by atoms with Gasteiger partial charge in [0.1, 0.15) is 0 Å². The quantitative estimate of drug-likeness (QED) is 0.580. The monoisotopic (exact) mass is 237 g/mol. The van der Waals surface area contributed by atoms with E-state index in [0.717, 1.165) is 5.56 Å². The minimum Gasteiger partial charge on any atom is -0.296 e. The summed E-state index contributed by atoms with van der Waals surface area (Å²) in [6.07, 6.45) is 2.03. The lowest BCUT2D eigenvalue weighted by atomic mass is 10.1. The minimum absolute atomic E-state index is 0.184. The second kappa shape index (κ2) is 6.06. The molecular formula is C13H19NOS. The first-order chi connectivity index (χ1) is 7.54. The molecule has 0 fully saturated rings. The van der Waals surface area contributed by atoms with E-state index in [1.165, 1.54) is 4.90 Å². The topological polar surface area (TPSA) is 20.3 Å². The van der Waals surface area contributed by atoms with Gasteiger partial charge < -0.3 is 0 Å². The maximum atomic E-state index is 11.9. The summed E-state index contributed by atoms with van der Waals surface area (Å²) < 4.78 is 0. The van der Waals surface area contributed by atoms with Crippen molar-refractivity contribution in [1.82, 2.24) is 4.90 Å². The van der Waals surface area contributed by atoms with Crippen LogP contribution in [0.5, 0.6) is 0 Å². The first-order valence-corrected chi connectivity index (χ1v) is 6.64. The van der Waals surface area contributed by atoms with Gasteiger partial charge in [-0.2, -0.15) is 0 Å². The van der Waals surface area contributed by atoms with Gasteiger partial charge in [0.2, 0.25) is 0 Å². The van der Waals surface area contributed by atoms with E-state index in [-0.39, 0.29) is 5.78 Å². The Balaban J connectivity index is 2.66. The van der Waals surface area contributed by atoms with Crippen LogP contribution in [0.1, 0.15) is 24.2 Å². The number of hydrogen-bond acceptors (Lipinski definition) is 3. The lowest BCUT2D eigenvalue weighted by molar-refractivity contribution is 0.0929. The normalized spacial score (nSPS) is 11.1. The van der Waals surface area contributed by atoms with Crippen LogP contribution in [0.25, 0.3) is 0 Å². The minimum atomic E-state index is 0.184. The third kappa shape index (κ3) is 3.65. The molecule has 1 rings (SSSR count). The Morgan fingerprint density at radius 3 is 2.31 bits per heavy atom. The van der Waals surface area contributed by atoms with E-state index in [0.29, 0.717) is 12.6 Å². The first-order valence-electron chi connectivity index (χ1n) is 5.42. The average molecular weight is 237 g/mol. The highest BCUT2D eigenvalue weighted by Crippen LogP contribution is 2.15. The molecule has 1 aromatic carbocycles. The molecule has 3 heteroatoms. The third-order valence-corrected chi connectivity index (χ3v) is 3.43. The molecule has 88 valence electrons. The number of hydrogen-bond donors (Lipinski definition) is 0. The smallest absolute Gasteiger partial charge is 0.176 e. The fourth-order valence-corrected chi connectivity index (χ4v) is 1.69. The van der Waals surface area contributed by atoms with E-state index >= 15 is 0 Å². The van der Waals surface area contributed by atoms with Gasteiger partial charge in [0.25, 0.3) is 0 Å². The molecule has 0 aliphatic heterocycles. The maximum absolute atomic E-state index is 11.9. The van der Waals surface area contributed by atoms with Crippen LogP contribution in [0, 0.1) is 0 Å². The fraction of sp³-hybridized carbons (Fsp3) is 0.462. The molecular weight excluding hydrogens is 218 g/mol. The largest absolute Gasteiger partial charge is 0.296 e. The second-order valence-corrected chi connectivity index (χ2v) is 5.04. The van der Waals surface area contributed by atoms with Crippen molar-refractivity contribution in [3.8, 4) is 0 Å². The standard InChI is InChI=1S/C13H19NOS/c1-10(2)14(3)9-13(15)11-5-7-12(16-4)8-6-11/h5-8,10H,9H2,1-4H3. The molecule has 0 saturated heterocycles. The van der Waals surface area contributed by atoms with Crippen molar-refractivity contribution in [1.29, 1.82) is 0 Å². The number of benzene rings is 1. The highest BCUT2D eigenvalue weighted by Gasteiger charge is 2.11. The number of ketones is 1. The van der Waals surface area contributed by atoms with Crippen LogP contribution in [0.15, 0.2) is 29.2 Å². The molecule has 0 heterocycles. The predicted octanol–water partition coefficient (Wildman–Crippen LogP) is 2.93. The van der Waals surface area contributed by atoms with Crippen molar-refractivity contribution < 1.29 is 4.79 Å². The molecule has 16 heavy (non-hydrogen) atoms. The van der Waals surface area contributed by atoms with Gasteiger partial charge in [-0.1, -0.05) is 12.1 Å². The summed E-state index contributed by atoms with van der Waals surface area (Å²) in [6, 6.07) is 8.19. The summed E-state index contributed by atoms with van der Waals surface area (Å²) in [5, 5.41) is 0. The van der Waals surface area contributed by atoms with Crippen molar-refractivity contribution >= 4 is 17.5 Å². The molecule has 0 N–H and O–H groups in total. The Morgan fingerprint density at radius 1 is 1.31 bits per heavy atom. The Bertz CT molecular complexity index is 345. The van der Waals surface area contributed by atoms with Crippen molar-refractivity contribution in [2.75, 3.05) is 19.8 Å². The summed E-state index contributed by atoms with van der Waals surface area (Å²) in [7, 11) is 1.97.